The number of hydrogen-bond donors (Lipinski definition) is 8. The van der Waals surface area contributed by atoms with Gasteiger partial charge in [0.1, 0.15) is 23.0 Å². The minimum absolute atomic E-state index is 0.235. The highest BCUT2D eigenvalue weighted by Crippen LogP contribution is 2.56. The molecule has 3 aromatic carbocycles. The fourth-order valence-electron chi connectivity index (χ4n) is 6.49. The van der Waals surface area contributed by atoms with Crippen molar-refractivity contribution >= 4 is 21.5 Å². The molecule has 0 fully saturated rings. The van der Waals surface area contributed by atoms with Crippen LogP contribution in [0.3, 0.4) is 0 Å². The van der Waals surface area contributed by atoms with Gasteiger partial charge in [-0.15, -0.1) is 0 Å². The van der Waals surface area contributed by atoms with Crippen LogP contribution in [0.1, 0.15) is 23.6 Å². The predicted molar refractivity (Wildman–Crippen MR) is 160 cm³/mol. The quantitative estimate of drug-likeness (QED) is 0.0693. The second kappa shape index (κ2) is 9.45. The zero-order valence-electron chi connectivity index (χ0n) is 24.5. The first-order valence-electron chi connectivity index (χ1n) is 13.6. The van der Waals surface area contributed by atoms with Crippen molar-refractivity contribution in [1.29, 1.82) is 0 Å². The van der Waals surface area contributed by atoms with Crippen LogP contribution in [0.4, 0.5) is 0 Å². The van der Waals surface area contributed by atoms with Gasteiger partial charge in [-0.2, -0.15) is 0 Å². The number of methoxy groups -OCH3 is 2. The van der Waals surface area contributed by atoms with Crippen molar-refractivity contribution in [3.05, 3.63) is 92.3 Å². The summed E-state index contributed by atoms with van der Waals surface area (Å²) in [5.41, 5.74) is -10.3. The second-order valence-electron chi connectivity index (χ2n) is 11.5. The summed E-state index contributed by atoms with van der Waals surface area (Å²) in [5, 5.41) is 84.5. The lowest BCUT2D eigenvalue weighted by Gasteiger charge is -2.49. The molecule has 1 atom stereocenters. The van der Waals surface area contributed by atoms with Crippen LogP contribution in [0.15, 0.2) is 43.4 Å². The zero-order chi connectivity index (χ0) is 34.0. The molecule has 0 radical (unpaired) electrons. The van der Waals surface area contributed by atoms with Gasteiger partial charge in [0.15, 0.2) is 16.8 Å². The highest BCUT2D eigenvalue weighted by atomic mass is 16.6. The monoisotopic (exact) mass is 634 g/mol. The first-order valence-corrected chi connectivity index (χ1v) is 13.6. The number of benzene rings is 3. The second-order valence-corrected chi connectivity index (χ2v) is 11.5. The Morgan fingerprint density at radius 1 is 0.717 bits per heavy atom. The molecule has 0 bridgehead atoms. The molecule has 3 aromatic rings. The Kier molecular flexibility index (Phi) is 6.34. The number of hydrogen-bond acceptors (Lipinski definition) is 14. The summed E-state index contributed by atoms with van der Waals surface area (Å²) < 4.78 is 10.8. The van der Waals surface area contributed by atoms with Crippen molar-refractivity contribution in [2.24, 2.45) is 0 Å². The van der Waals surface area contributed by atoms with E-state index >= 15 is 0 Å². The Morgan fingerprint density at radius 2 is 1.37 bits per heavy atom. The number of aliphatic hydroxyl groups is 5. The minimum Gasteiger partial charge on any atom is -0.507 e. The van der Waals surface area contributed by atoms with Crippen molar-refractivity contribution in [3.63, 3.8) is 0 Å². The van der Waals surface area contributed by atoms with Crippen molar-refractivity contribution in [2.45, 2.75) is 37.4 Å². The van der Waals surface area contributed by atoms with E-state index in [0.29, 0.717) is 12.5 Å². The molecule has 0 saturated heterocycles. The molecular formula is C32H26O14. The first-order chi connectivity index (χ1) is 21.3. The van der Waals surface area contributed by atoms with Gasteiger partial charge in [0.25, 0.3) is 5.43 Å². The van der Waals surface area contributed by atoms with Crippen molar-refractivity contribution in [2.75, 3.05) is 14.2 Å². The van der Waals surface area contributed by atoms with Crippen LogP contribution in [0, 0.1) is 17.4 Å². The van der Waals surface area contributed by atoms with Gasteiger partial charge in [0.05, 0.1) is 30.4 Å². The Balaban J connectivity index is 1.99. The normalized spacial score (nSPS) is 18.6. The van der Waals surface area contributed by atoms with E-state index in [1.165, 1.54) is 31.2 Å². The lowest BCUT2D eigenvalue weighted by molar-refractivity contribution is -0.386. The van der Waals surface area contributed by atoms with Crippen LogP contribution in [-0.2, 0) is 12.2 Å². The molecule has 0 spiro atoms. The molecule has 0 amide bonds. The number of aromatic hydroxyl groups is 3. The smallest absolute Gasteiger partial charge is 0.268 e. The Hall–Kier alpha value is -5.12. The minimum atomic E-state index is -3.65. The van der Waals surface area contributed by atoms with Gasteiger partial charge in [0, 0.05) is 44.5 Å². The molecule has 0 aromatic heterocycles. The molecule has 14 nitrogen and oxygen atoms in total. The van der Waals surface area contributed by atoms with E-state index in [-0.39, 0.29) is 16.5 Å². The van der Waals surface area contributed by atoms with E-state index in [9.17, 15) is 60.0 Å². The third-order valence-corrected chi connectivity index (χ3v) is 8.94. The molecule has 3 aliphatic carbocycles. The Morgan fingerprint density at radius 3 is 1.98 bits per heavy atom. The molecule has 8 N–H and O–H groups in total. The van der Waals surface area contributed by atoms with E-state index < -0.39 is 112 Å². The van der Waals surface area contributed by atoms with Crippen LogP contribution in [-0.4, -0.2) is 66.5 Å². The molecule has 0 saturated carbocycles. The molecule has 1 unspecified atom stereocenters. The maximum Gasteiger partial charge on any atom is 0.268 e. The number of ether oxygens (including phenoxy) is 2. The molecule has 6 rings (SSSR count). The number of rotatable bonds is 3. The van der Waals surface area contributed by atoms with Gasteiger partial charge in [0.2, 0.25) is 22.4 Å². The molecule has 14 heteroatoms. The topological polar surface area (TPSA) is 249 Å². The summed E-state index contributed by atoms with van der Waals surface area (Å²) in [4.78, 5) is 54.7. The fraction of sp³-hybridized carbons (Fsp3) is 0.250. The van der Waals surface area contributed by atoms with Crippen LogP contribution >= 0.6 is 0 Å². The zero-order valence-corrected chi connectivity index (χ0v) is 24.5. The summed E-state index contributed by atoms with van der Waals surface area (Å²) in [6.45, 7) is 2.20. The third kappa shape index (κ3) is 3.58. The summed E-state index contributed by atoms with van der Waals surface area (Å²) in [7, 11) is 2.15. The van der Waals surface area contributed by atoms with Crippen LogP contribution in [0.5, 0.6) is 28.7 Å². The average Bonchev–Trinajstić information content (AvgIpc) is 2.97. The van der Waals surface area contributed by atoms with Crippen LogP contribution in [0.2, 0.25) is 0 Å². The SMILES string of the molecule is COc1ccc2c(O)c3c(c(O)c2c1-c1c(OC)c(=O)c(=O)c2c(=O)c4c(O)cc(C)cc4c(=O)c1=2)C(O)(O)C(C)(O)C(O)(O)C3. The fourth-order valence-corrected chi connectivity index (χ4v) is 6.49. The van der Waals surface area contributed by atoms with E-state index in [0.717, 1.165) is 14.2 Å². The number of phenols is 3. The van der Waals surface area contributed by atoms with E-state index in [2.05, 4.69) is 0 Å². The van der Waals surface area contributed by atoms with E-state index in [1.807, 2.05) is 0 Å². The molecule has 3 aliphatic rings. The standard InChI is InChI=1S/C32H26O14/c1-10-7-12-16(14(33)8-10)25(36)21-19(24(12)35)20(29(46-4)28(39)27(21)38)18-15(45-3)6-5-11-17(18)26(37)22-13(23(11)34)9-31(41,42)30(2,40)32(22,43)44/h5-8,33-34,37,40-44H,9H2,1-4H3. The molecular weight excluding hydrogens is 608 g/mol. The summed E-state index contributed by atoms with van der Waals surface area (Å²) in [6, 6.07) is 4.89. The average molecular weight is 635 g/mol. The molecule has 238 valence electrons. The van der Waals surface area contributed by atoms with Crippen molar-refractivity contribution in [1.82, 2.24) is 0 Å². The highest BCUT2D eigenvalue weighted by molar-refractivity contribution is 6.09. The first kappa shape index (κ1) is 30.9. The van der Waals surface area contributed by atoms with Gasteiger partial charge >= 0.3 is 0 Å². The van der Waals surface area contributed by atoms with E-state index in [4.69, 9.17) is 9.47 Å². The maximum atomic E-state index is 14.2. The van der Waals surface area contributed by atoms with E-state index in [1.54, 1.807) is 0 Å². The largest absolute Gasteiger partial charge is 0.507 e. The molecule has 46 heavy (non-hydrogen) atoms. The predicted octanol–water partition coefficient (Wildman–Crippen LogP) is -0.731. The van der Waals surface area contributed by atoms with Crippen LogP contribution < -0.4 is 31.2 Å². The third-order valence-electron chi connectivity index (χ3n) is 8.94. The lowest BCUT2D eigenvalue weighted by Crippen LogP contribution is -2.68. The van der Waals surface area contributed by atoms with Crippen molar-refractivity contribution < 1.29 is 50.3 Å². The van der Waals surface area contributed by atoms with Gasteiger partial charge in [-0.1, -0.05) is 0 Å². The number of fused-ring (bicyclic) bond motifs is 3. The maximum absolute atomic E-state index is 14.2. The molecule has 0 heterocycles. The lowest BCUT2D eigenvalue weighted by atomic mass is 9.70. The van der Waals surface area contributed by atoms with Gasteiger partial charge < -0.3 is 50.3 Å². The van der Waals surface area contributed by atoms with Crippen molar-refractivity contribution in [3.8, 4) is 39.9 Å². The van der Waals surface area contributed by atoms with Gasteiger partial charge in [-0.25, -0.2) is 0 Å². The van der Waals surface area contributed by atoms with Gasteiger partial charge in [-0.05, 0) is 43.7 Å². The highest BCUT2D eigenvalue weighted by Gasteiger charge is 2.64. The summed E-state index contributed by atoms with van der Waals surface area (Å²) in [6.07, 6.45) is -1.00. The summed E-state index contributed by atoms with van der Waals surface area (Å²) >= 11 is 0. The number of aryl methyl sites for hydroxylation is 1. The Labute approximate surface area is 255 Å². The van der Waals surface area contributed by atoms with Crippen LogP contribution in [0.25, 0.3) is 32.7 Å². The Bertz CT molecular complexity index is 2470. The number of phenolic OH excluding ortho intramolecular Hbond substituents is 3. The molecule has 0 aliphatic heterocycles. The van der Waals surface area contributed by atoms with Gasteiger partial charge in [-0.3, -0.25) is 19.2 Å². The summed E-state index contributed by atoms with van der Waals surface area (Å²) in [5.74, 6) is -10.4.